The van der Waals surface area contributed by atoms with Crippen LogP contribution in [0.2, 0.25) is 0 Å². The minimum atomic E-state index is 0. The minimum Gasteiger partial charge on any atom is -0.330 e. The average Bonchev–Trinajstić information content (AvgIpc) is 2.96. The van der Waals surface area contributed by atoms with Crippen LogP contribution in [0.4, 0.5) is 0 Å². The summed E-state index contributed by atoms with van der Waals surface area (Å²) in [5.74, 6) is 0. The first kappa shape index (κ1) is 15.9. The normalized spacial score (nSPS) is 9.95. The van der Waals surface area contributed by atoms with Crippen LogP contribution in [0.3, 0.4) is 0 Å². The van der Waals surface area contributed by atoms with Crippen molar-refractivity contribution in [3.63, 3.8) is 0 Å². The summed E-state index contributed by atoms with van der Waals surface area (Å²) >= 11 is 1.69. The Hall–Kier alpha value is -1.14. The van der Waals surface area contributed by atoms with Gasteiger partial charge in [0, 0.05) is 18.7 Å². The molecule has 0 aliphatic heterocycles. The molecule has 0 unspecified atom stereocenters. The fraction of sp³-hybridized carbons (Fsp3) is 0.167. The van der Waals surface area contributed by atoms with Crippen molar-refractivity contribution in [2.45, 2.75) is 6.42 Å². The van der Waals surface area contributed by atoms with Crippen molar-refractivity contribution in [1.82, 2.24) is 14.6 Å². The molecule has 0 bridgehead atoms. The molecule has 3 rings (SSSR count). The van der Waals surface area contributed by atoms with Crippen molar-refractivity contribution in [2.24, 2.45) is 5.73 Å². The Morgan fingerprint density at radius 3 is 2.79 bits per heavy atom. The lowest BCUT2D eigenvalue weighted by molar-refractivity contribution is 0.855. The molecule has 0 aliphatic rings. The Morgan fingerprint density at radius 1 is 1.26 bits per heavy atom. The maximum atomic E-state index is 5.52. The zero-order valence-corrected chi connectivity index (χ0v) is 12.5. The number of nitrogens with zero attached hydrogens (tertiary/aromatic N) is 3. The molecule has 7 heteroatoms. The topological polar surface area (TPSA) is 56.2 Å². The highest BCUT2D eigenvalue weighted by molar-refractivity contribution is 7.13. The Bertz CT molecular complexity index is 636. The molecule has 0 amide bonds. The van der Waals surface area contributed by atoms with Crippen LogP contribution in [0.5, 0.6) is 0 Å². The van der Waals surface area contributed by atoms with Gasteiger partial charge in [0.05, 0.1) is 16.3 Å². The van der Waals surface area contributed by atoms with Gasteiger partial charge >= 0.3 is 0 Å². The molecule has 2 N–H and O–H groups in total. The maximum Gasteiger partial charge on any atom is 0.155 e. The van der Waals surface area contributed by atoms with E-state index in [1.54, 1.807) is 15.9 Å². The van der Waals surface area contributed by atoms with E-state index in [2.05, 4.69) is 21.5 Å². The van der Waals surface area contributed by atoms with Crippen molar-refractivity contribution >= 4 is 41.8 Å². The Labute approximate surface area is 127 Å². The first-order valence-corrected chi connectivity index (χ1v) is 6.34. The van der Waals surface area contributed by atoms with Gasteiger partial charge in [0.15, 0.2) is 5.65 Å². The molecule has 3 aromatic heterocycles. The monoisotopic (exact) mass is 316 g/mol. The average molecular weight is 317 g/mol. The number of thiophene rings is 1. The van der Waals surface area contributed by atoms with Crippen molar-refractivity contribution in [2.75, 3.05) is 6.54 Å². The number of hydrogen-bond acceptors (Lipinski definition) is 4. The van der Waals surface area contributed by atoms with Gasteiger partial charge in [-0.15, -0.1) is 36.2 Å². The van der Waals surface area contributed by atoms with Crippen LogP contribution in [-0.2, 0) is 6.42 Å². The van der Waals surface area contributed by atoms with E-state index in [0.717, 1.165) is 23.5 Å². The molecule has 3 aromatic rings. The zero-order chi connectivity index (χ0) is 11.7. The number of nitrogens with two attached hydrogens (primary N) is 1. The highest BCUT2D eigenvalue weighted by Crippen LogP contribution is 2.22. The van der Waals surface area contributed by atoms with Crippen LogP contribution in [0.15, 0.2) is 35.8 Å². The Balaban J connectivity index is 0.000000902. The molecule has 4 nitrogen and oxygen atoms in total. The molecule has 0 radical (unpaired) electrons. The molecule has 0 saturated carbocycles. The molecular formula is C12H14Cl2N4S. The van der Waals surface area contributed by atoms with Gasteiger partial charge in [-0.25, -0.2) is 9.50 Å². The Kier molecular flexibility index (Phi) is 5.75. The van der Waals surface area contributed by atoms with Crippen LogP contribution < -0.4 is 5.73 Å². The third-order valence-electron chi connectivity index (χ3n) is 2.55. The summed E-state index contributed by atoms with van der Waals surface area (Å²) < 4.78 is 1.79. The molecule has 0 atom stereocenters. The van der Waals surface area contributed by atoms with Gasteiger partial charge < -0.3 is 5.73 Å². The zero-order valence-electron chi connectivity index (χ0n) is 10.0. The van der Waals surface area contributed by atoms with Crippen molar-refractivity contribution in [3.8, 4) is 10.6 Å². The maximum absolute atomic E-state index is 5.52. The smallest absolute Gasteiger partial charge is 0.155 e. The van der Waals surface area contributed by atoms with Crippen LogP contribution in [0.1, 0.15) is 5.69 Å². The van der Waals surface area contributed by atoms with E-state index >= 15 is 0 Å². The second-order valence-corrected chi connectivity index (χ2v) is 4.71. The third kappa shape index (κ3) is 3.25. The van der Waals surface area contributed by atoms with Gasteiger partial charge in [-0.05, 0) is 24.1 Å². The Morgan fingerprint density at radius 2 is 2.11 bits per heavy atom. The molecule has 102 valence electrons. The fourth-order valence-corrected chi connectivity index (χ4v) is 2.46. The standard InChI is InChI=1S/C12H12N4S.2ClH/c13-5-3-9-8-12-14-10(4-6-16(12)15-9)11-2-1-7-17-11;;/h1-2,4,6-8H,3,5,13H2;2*1H. The highest BCUT2D eigenvalue weighted by Gasteiger charge is 2.05. The SMILES string of the molecule is Cl.Cl.NCCc1cc2nc(-c3cccs3)ccn2n1. The lowest BCUT2D eigenvalue weighted by Crippen LogP contribution is -2.03. The van der Waals surface area contributed by atoms with E-state index in [4.69, 9.17) is 5.73 Å². The largest absolute Gasteiger partial charge is 0.330 e. The predicted octanol–water partition coefficient (Wildman–Crippen LogP) is 2.80. The molecule has 0 aliphatic carbocycles. The first-order chi connectivity index (χ1) is 8.36. The number of hydrogen-bond donors (Lipinski definition) is 1. The van der Waals surface area contributed by atoms with Crippen LogP contribution in [0.25, 0.3) is 16.2 Å². The van der Waals surface area contributed by atoms with E-state index in [9.17, 15) is 0 Å². The number of aromatic nitrogens is 3. The summed E-state index contributed by atoms with van der Waals surface area (Å²) in [6.07, 6.45) is 2.73. The first-order valence-electron chi connectivity index (χ1n) is 5.46. The second kappa shape index (κ2) is 6.86. The van der Waals surface area contributed by atoms with Crippen molar-refractivity contribution < 1.29 is 0 Å². The summed E-state index contributed by atoms with van der Waals surface area (Å²) in [6, 6.07) is 8.07. The van der Waals surface area contributed by atoms with Crippen molar-refractivity contribution in [1.29, 1.82) is 0 Å². The number of halogens is 2. The minimum absolute atomic E-state index is 0. The fourth-order valence-electron chi connectivity index (χ4n) is 1.76. The second-order valence-electron chi connectivity index (χ2n) is 3.77. The van der Waals surface area contributed by atoms with Crippen LogP contribution in [-0.4, -0.2) is 21.1 Å². The number of fused-ring (bicyclic) bond motifs is 1. The molecule has 0 spiro atoms. The summed E-state index contributed by atoms with van der Waals surface area (Å²) in [4.78, 5) is 5.77. The molecule has 0 fully saturated rings. The molecule has 0 aromatic carbocycles. The van der Waals surface area contributed by atoms with Gasteiger partial charge in [0.25, 0.3) is 0 Å². The van der Waals surface area contributed by atoms with E-state index in [1.807, 2.05) is 24.4 Å². The third-order valence-corrected chi connectivity index (χ3v) is 3.44. The predicted molar refractivity (Wildman–Crippen MR) is 83.6 cm³/mol. The lowest BCUT2D eigenvalue weighted by atomic mass is 10.3. The van der Waals surface area contributed by atoms with Crippen LogP contribution in [0, 0.1) is 0 Å². The summed E-state index contributed by atoms with van der Waals surface area (Å²) in [6.45, 7) is 0.613. The molecule has 3 heterocycles. The molecule has 0 saturated heterocycles. The number of rotatable bonds is 3. The lowest BCUT2D eigenvalue weighted by Gasteiger charge is -1.96. The molecular weight excluding hydrogens is 303 g/mol. The van der Waals surface area contributed by atoms with Crippen molar-refractivity contribution in [3.05, 3.63) is 41.5 Å². The van der Waals surface area contributed by atoms with E-state index < -0.39 is 0 Å². The summed E-state index contributed by atoms with van der Waals surface area (Å²) in [5.41, 5.74) is 8.38. The highest BCUT2D eigenvalue weighted by atomic mass is 35.5. The van der Waals surface area contributed by atoms with Gasteiger partial charge in [0.1, 0.15) is 0 Å². The summed E-state index contributed by atoms with van der Waals surface area (Å²) in [5, 5.41) is 6.46. The van der Waals surface area contributed by atoms with E-state index in [-0.39, 0.29) is 24.8 Å². The van der Waals surface area contributed by atoms with E-state index in [1.165, 1.54) is 4.88 Å². The van der Waals surface area contributed by atoms with Gasteiger partial charge in [-0.2, -0.15) is 5.10 Å². The van der Waals surface area contributed by atoms with E-state index in [0.29, 0.717) is 6.54 Å². The molecule has 19 heavy (non-hydrogen) atoms. The summed E-state index contributed by atoms with van der Waals surface area (Å²) in [7, 11) is 0. The van der Waals surface area contributed by atoms with Gasteiger partial charge in [-0.3, -0.25) is 0 Å². The van der Waals surface area contributed by atoms with Gasteiger partial charge in [0.2, 0.25) is 0 Å². The van der Waals surface area contributed by atoms with Gasteiger partial charge in [-0.1, -0.05) is 6.07 Å². The quantitative estimate of drug-likeness (QED) is 0.808. The van der Waals surface area contributed by atoms with Crippen LogP contribution >= 0.6 is 36.2 Å².